The van der Waals surface area contributed by atoms with Crippen molar-refractivity contribution in [1.82, 2.24) is 5.32 Å². The molecule has 11 heteroatoms. The zero-order chi connectivity index (χ0) is 58.2. The van der Waals surface area contributed by atoms with Crippen molar-refractivity contribution in [2.75, 3.05) is 13.2 Å². The highest BCUT2D eigenvalue weighted by molar-refractivity contribution is 5.80. The normalized spacial score (nSPS) is 19.3. The molecule has 0 aromatic carbocycles. The van der Waals surface area contributed by atoms with Gasteiger partial charge in [0.2, 0.25) is 5.91 Å². The summed E-state index contributed by atoms with van der Waals surface area (Å²) in [6.45, 7) is 3.49. The summed E-state index contributed by atoms with van der Waals surface area (Å²) >= 11 is 0. The molecule has 1 saturated heterocycles. The molecule has 0 saturated carbocycles. The Bertz CT molecular complexity index is 1350. The van der Waals surface area contributed by atoms with E-state index < -0.39 is 74.2 Å². The quantitative estimate of drug-likeness (QED) is 0.0215. The topological polar surface area (TPSA) is 189 Å². The van der Waals surface area contributed by atoms with Crippen LogP contribution in [0.4, 0.5) is 0 Å². The lowest BCUT2D eigenvalue weighted by atomic mass is 9.98. The molecule has 474 valence electrons. The molecule has 0 bridgehead atoms. The van der Waals surface area contributed by atoms with Crippen LogP contribution < -0.4 is 5.32 Å². The molecule has 8 N–H and O–H groups in total. The fourth-order valence-electron chi connectivity index (χ4n) is 11.4. The standard InChI is InChI=1S/C69H133NO10/c1-3-5-7-9-11-13-15-17-19-21-23-25-26-27-28-29-30-31-32-33-34-35-37-38-40-42-44-46-48-50-52-54-56-61(72)64(74)60(59-79-69-67(77)66(76)65(75)63(58-71)80-69)70-68(78)62(73)57-55-53-51-49-47-45-43-41-39-36-24-22-20-18-16-14-12-10-8-6-4-2/h40,42,48,50,60-67,69,71-77H,3-39,41,43-47,49,51-59H2,1-2H3,(H,70,78)/b42-40+,50-48+. The number of hydrogen-bond donors (Lipinski definition) is 8. The van der Waals surface area contributed by atoms with E-state index >= 15 is 0 Å². The Labute approximate surface area is 493 Å². The largest absolute Gasteiger partial charge is 0.394 e. The number of ether oxygens (including phenoxy) is 2. The lowest BCUT2D eigenvalue weighted by molar-refractivity contribution is -0.303. The third-order valence-corrected chi connectivity index (χ3v) is 17.0. The minimum absolute atomic E-state index is 0.249. The van der Waals surface area contributed by atoms with E-state index in [4.69, 9.17) is 9.47 Å². The van der Waals surface area contributed by atoms with Gasteiger partial charge in [0.05, 0.1) is 25.4 Å². The smallest absolute Gasteiger partial charge is 0.249 e. The van der Waals surface area contributed by atoms with E-state index in [1.807, 2.05) is 0 Å². The van der Waals surface area contributed by atoms with Crippen molar-refractivity contribution in [1.29, 1.82) is 0 Å². The summed E-state index contributed by atoms with van der Waals surface area (Å²) in [5, 5.41) is 76.4. The second-order valence-corrected chi connectivity index (χ2v) is 24.6. The Morgan fingerprint density at radius 3 is 1.11 bits per heavy atom. The van der Waals surface area contributed by atoms with E-state index in [1.165, 1.54) is 257 Å². The summed E-state index contributed by atoms with van der Waals surface area (Å²) in [7, 11) is 0. The van der Waals surface area contributed by atoms with Gasteiger partial charge in [-0.2, -0.15) is 0 Å². The summed E-state index contributed by atoms with van der Waals surface area (Å²) in [6.07, 6.45) is 61.3. The third kappa shape index (κ3) is 45.0. The lowest BCUT2D eigenvalue weighted by Crippen LogP contribution is -2.60. The molecule has 0 aromatic heterocycles. The summed E-state index contributed by atoms with van der Waals surface area (Å²) < 4.78 is 11.2. The first kappa shape index (κ1) is 76.6. The van der Waals surface area contributed by atoms with Gasteiger partial charge in [0.25, 0.3) is 0 Å². The Morgan fingerprint density at radius 2 is 0.750 bits per heavy atom. The van der Waals surface area contributed by atoms with Crippen LogP contribution in [0.1, 0.15) is 341 Å². The number of amides is 1. The number of aliphatic hydroxyl groups is 7. The van der Waals surface area contributed by atoms with Crippen LogP contribution in [0.5, 0.6) is 0 Å². The van der Waals surface area contributed by atoms with Gasteiger partial charge < -0.3 is 50.5 Å². The van der Waals surface area contributed by atoms with Crippen LogP contribution in [-0.2, 0) is 14.3 Å². The van der Waals surface area contributed by atoms with Gasteiger partial charge in [-0.15, -0.1) is 0 Å². The number of rotatable bonds is 61. The summed E-state index contributed by atoms with van der Waals surface area (Å²) in [6, 6.07) is -1.19. The molecule has 1 aliphatic rings. The van der Waals surface area contributed by atoms with Gasteiger partial charge in [-0.25, -0.2) is 0 Å². The molecule has 9 atom stereocenters. The molecular weight excluding hydrogens is 1000 g/mol. The van der Waals surface area contributed by atoms with Crippen LogP contribution in [0.15, 0.2) is 24.3 Å². The van der Waals surface area contributed by atoms with E-state index in [9.17, 15) is 40.5 Å². The average molecular weight is 1140 g/mol. The zero-order valence-corrected chi connectivity index (χ0v) is 52.3. The Hall–Kier alpha value is -1.41. The number of unbranched alkanes of at least 4 members (excludes halogenated alkanes) is 45. The van der Waals surface area contributed by atoms with Gasteiger partial charge in [-0.05, 0) is 51.4 Å². The Kier molecular flexibility index (Phi) is 55.5. The van der Waals surface area contributed by atoms with Crippen LogP contribution >= 0.6 is 0 Å². The van der Waals surface area contributed by atoms with Crippen molar-refractivity contribution in [2.45, 2.75) is 396 Å². The van der Waals surface area contributed by atoms with E-state index in [2.05, 4.69) is 43.5 Å². The van der Waals surface area contributed by atoms with Crippen molar-refractivity contribution in [3.8, 4) is 0 Å². The van der Waals surface area contributed by atoms with E-state index in [-0.39, 0.29) is 12.8 Å². The van der Waals surface area contributed by atoms with Crippen LogP contribution in [-0.4, -0.2) is 110 Å². The van der Waals surface area contributed by atoms with Crippen molar-refractivity contribution in [2.24, 2.45) is 0 Å². The molecule has 1 heterocycles. The highest BCUT2D eigenvalue weighted by Crippen LogP contribution is 2.24. The number of nitrogens with one attached hydrogen (secondary N) is 1. The second-order valence-electron chi connectivity index (χ2n) is 24.6. The molecular formula is C69H133NO10. The van der Waals surface area contributed by atoms with Gasteiger partial charge in [-0.1, -0.05) is 314 Å². The fraction of sp³-hybridized carbons (Fsp3) is 0.928. The Morgan fingerprint density at radius 1 is 0.425 bits per heavy atom. The maximum Gasteiger partial charge on any atom is 0.249 e. The first-order chi connectivity index (χ1) is 39.2. The van der Waals surface area contributed by atoms with Gasteiger partial charge in [0.1, 0.15) is 36.6 Å². The number of aliphatic hydroxyl groups excluding tert-OH is 7. The monoisotopic (exact) mass is 1140 g/mol. The van der Waals surface area contributed by atoms with E-state index in [0.29, 0.717) is 19.3 Å². The molecule has 11 nitrogen and oxygen atoms in total. The second kappa shape index (κ2) is 58.0. The molecule has 1 fully saturated rings. The molecule has 80 heavy (non-hydrogen) atoms. The van der Waals surface area contributed by atoms with Crippen molar-refractivity contribution in [3.05, 3.63) is 24.3 Å². The summed E-state index contributed by atoms with van der Waals surface area (Å²) in [5.74, 6) is -0.704. The first-order valence-electron chi connectivity index (χ1n) is 34.7. The molecule has 1 aliphatic heterocycles. The van der Waals surface area contributed by atoms with Crippen LogP contribution in [0, 0.1) is 0 Å². The molecule has 1 rings (SSSR count). The number of carbonyl (C=O) groups is 1. The van der Waals surface area contributed by atoms with Crippen molar-refractivity contribution >= 4 is 5.91 Å². The minimum Gasteiger partial charge on any atom is -0.394 e. The lowest BCUT2D eigenvalue weighted by Gasteiger charge is -2.40. The number of hydrogen-bond acceptors (Lipinski definition) is 10. The number of allylic oxidation sites excluding steroid dienone is 4. The molecule has 0 radical (unpaired) electrons. The van der Waals surface area contributed by atoms with E-state index in [0.717, 1.165) is 38.5 Å². The fourth-order valence-corrected chi connectivity index (χ4v) is 11.4. The molecule has 9 unspecified atom stereocenters. The predicted molar refractivity (Wildman–Crippen MR) is 335 cm³/mol. The minimum atomic E-state index is -1.67. The maximum absolute atomic E-state index is 13.2. The van der Waals surface area contributed by atoms with Crippen LogP contribution in [0.3, 0.4) is 0 Å². The predicted octanol–water partition coefficient (Wildman–Crippen LogP) is 16.4. The van der Waals surface area contributed by atoms with Crippen molar-refractivity contribution < 1.29 is 50.0 Å². The maximum atomic E-state index is 13.2. The highest BCUT2D eigenvalue weighted by Gasteiger charge is 2.44. The van der Waals surface area contributed by atoms with Gasteiger partial charge in [0.15, 0.2) is 6.29 Å². The van der Waals surface area contributed by atoms with Crippen LogP contribution in [0.25, 0.3) is 0 Å². The third-order valence-electron chi connectivity index (χ3n) is 17.0. The molecule has 0 aliphatic carbocycles. The van der Waals surface area contributed by atoms with Gasteiger partial charge >= 0.3 is 0 Å². The summed E-state index contributed by atoms with van der Waals surface area (Å²) in [5.41, 5.74) is 0. The molecule has 1 amide bonds. The molecule has 0 spiro atoms. The van der Waals surface area contributed by atoms with Gasteiger partial charge in [0, 0.05) is 0 Å². The zero-order valence-electron chi connectivity index (χ0n) is 52.3. The Balaban J connectivity index is 2.22. The molecule has 0 aromatic rings. The average Bonchev–Trinajstić information content (AvgIpc) is 3.46. The van der Waals surface area contributed by atoms with Gasteiger partial charge in [-0.3, -0.25) is 4.79 Å². The van der Waals surface area contributed by atoms with E-state index in [1.54, 1.807) is 0 Å². The SMILES string of the molecule is CCCCCCCCCCCCCCCCCCCCCCCCC/C=C/CC/C=C/CCCC(O)C(O)C(COC1OC(CO)C(O)C(O)C1O)NC(=O)C(O)CCCCCCCCCCCCCCCCCCCCCCC. The first-order valence-corrected chi connectivity index (χ1v) is 34.7. The summed E-state index contributed by atoms with van der Waals surface area (Å²) in [4.78, 5) is 13.2. The number of carbonyl (C=O) groups excluding carboxylic acids is 1. The van der Waals surface area contributed by atoms with Crippen molar-refractivity contribution in [3.63, 3.8) is 0 Å². The highest BCUT2D eigenvalue weighted by atomic mass is 16.7. The van der Waals surface area contributed by atoms with Crippen LogP contribution in [0.2, 0.25) is 0 Å².